The first-order valence-electron chi connectivity index (χ1n) is 14.4. The molecule has 0 aliphatic carbocycles. The molecule has 45 heavy (non-hydrogen) atoms. The molecule has 2 aliphatic rings. The minimum Gasteiger partial charge on any atom is -0.507 e. The maximum Gasteiger partial charge on any atom is 0.301 e. The average Bonchev–Trinajstić information content (AvgIpc) is 3.65. The molecule has 0 bridgehead atoms. The standard InChI is InChI=1S/C34H27N3O6S2/c1-2-41-24-11-6-9-21(17-24)29-28(30(38)22-13-14-26-27(18-22)43-16-15-42-26)31(39)32(40)37(29)33-35-36-34(45-33)44-19-23-10-5-8-20-7-3-4-12-25(20)23/h3-14,17-18,29,38H,2,15-16,19H2,1H3/t29-/m0/s1. The van der Waals surface area contributed by atoms with Gasteiger partial charge in [0.25, 0.3) is 5.78 Å². The molecular weight excluding hydrogens is 611 g/mol. The highest BCUT2D eigenvalue weighted by Crippen LogP contribution is 2.45. The normalized spacial score (nSPS) is 17.2. The molecule has 1 atom stereocenters. The van der Waals surface area contributed by atoms with Crippen molar-refractivity contribution in [1.29, 1.82) is 0 Å². The van der Waals surface area contributed by atoms with E-state index in [1.54, 1.807) is 42.5 Å². The van der Waals surface area contributed by atoms with E-state index in [9.17, 15) is 14.7 Å². The molecular formula is C34H27N3O6S2. The van der Waals surface area contributed by atoms with Crippen molar-refractivity contribution in [3.8, 4) is 17.2 Å². The summed E-state index contributed by atoms with van der Waals surface area (Å²) >= 11 is 2.73. The van der Waals surface area contributed by atoms with Crippen molar-refractivity contribution in [1.82, 2.24) is 10.2 Å². The van der Waals surface area contributed by atoms with Crippen LogP contribution in [0.3, 0.4) is 0 Å². The van der Waals surface area contributed by atoms with Crippen LogP contribution in [0.1, 0.15) is 29.7 Å². The van der Waals surface area contributed by atoms with Crippen molar-refractivity contribution in [3.05, 3.63) is 107 Å². The fourth-order valence-corrected chi connectivity index (χ4v) is 7.42. The Morgan fingerprint density at radius 1 is 0.978 bits per heavy atom. The molecule has 1 N–H and O–H groups in total. The fourth-order valence-electron chi connectivity index (χ4n) is 5.55. The second-order valence-electron chi connectivity index (χ2n) is 10.3. The molecule has 2 aliphatic heterocycles. The van der Waals surface area contributed by atoms with Crippen LogP contribution in [0.2, 0.25) is 0 Å². The van der Waals surface area contributed by atoms with Crippen molar-refractivity contribution >= 4 is 56.5 Å². The lowest BCUT2D eigenvalue weighted by atomic mass is 9.95. The van der Waals surface area contributed by atoms with Crippen LogP contribution < -0.4 is 19.1 Å². The number of amides is 1. The van der Waals surface area contributed by atoms with Gasteiger partial charge in [0.05, 0.1) is 18.2 Å². The second kappa shape index (κ2) is 12.3. The molecule has 0 unspecified atom stereocenters. The molecule has 5 aromatic rings. The van der Waals surface area contributed by atoms with Gasteiger partial charge >= 0.3 is 5.91 Å². The van der Waals surface area contributed by atoms with Gasteiger partial charge in [-0.1, -0.05) is 77.7 Å². The number of nitrogens with zero attached hydrogens (tertiary/aromatic N) is 3. The summed E-state index contributed by atoms with van der Waals surface area (Å²) in [4.78, 5) is 28.7. The third-order valence-corrected chi connectivity index (χ3v) is 9.68. The van der Waals surface area contributed by atoms with Gasteiger partial charge in [-0.05, 0) is 59.2 Å². The number of thioether (sulfide) groups is 1. The minimum absolute atomic E-state index is 0.0644. The summed E-state index contributed by atoms with van der Waals surface area (Å²) in [5.74, 6) is 0.266. The summed E-state index contributed by atoms with van der Waals surface area (Å²) in [5.41, 5.74) is 2.00. The Hall–Kier alpha value is -4.87. The smallest absolute Gasteiger partial charge is 0.301 e. The summed E-state index contributed by atoms with van der Waals surface area (Å²) in [6.07, 6.45) is 0. The van der Waals surface area contributed by atoms with Crippen LogP contribution in [0, 0.1) is 0 Å². The lowest BCUT2D eigenvalue weighted by molar-refractivity contribution is -0.132. The summed E-state index contributed by atoms with van der Waals surface area (Å²) < 4.78 is 17.7. The van der Waals surface area contributed by atoms with Crippen molar-refractivity contribution in [2.75, 3.05) is 24.7 Å². The predicted molar refractivity (Wildman–Crippen MR) is 173 cm³/mol. The SMILES string of the molecule is CCOc1cccc([C@H]2C(=C(O)c3ccc4c(c3)OCCO4)C(=O)C(=O)N2c2nnc(SCc3cccc4ccccc34)s2)c1. The molecule has 3 heterocycles. The van der Waals surface area contributed by atoms with Crippen molar-refractivity contribution in [2.45, 2.75) is 23.1 Å². The van der Waals surface area contributed by atoms with E-state index < -0.39 is 17.7 Å². The molecule has 226 valence electrons. The first kappa shape index (κ1) is 28.9. The number of carbonyl (C=O) groups is 2. The molecule has 4 aromatic carbocycles. The molecule has 1 amide bonds. The number of rotatable bonds is 8. The molecule has 0 radical (unpaired) electrons. The fraction of sp³-hybridized carbons (Fsp3) is 0.176. The van der Waals surface area contributed by atoms with Crippen molar-refractivity contribution < 1.29 is 28.9 Å². The Labute approximate surface area is 267 Å². The average molecular weight is 638 g/mol. The van der Waals surface area contributed by atoms with Gasteiger partial charge < -0.3 is 19.3 Å². The Balaban J connectivity index is 1.26. The van der Waals surface area contributed by atoms with E-state index in [4.69, 9.17) is 14.2 Å². The van der Waals surface area contributed by atoms with E-state index in [2.05, 4.69) is 34.5 Å². The van der Waals surface area contributed by atoms with Gasteiger partial charge in [-0.25, -0.2) is 0 Å². The van der Waals surface area contributed by atoms with Gasteiger partial charge in [-0.3, -0.25) is 14.5 Å². The van der Waals surface area contributed by atoms with Gasteiger partial charge in [0.2, 0.25) is 5.13 Å². The van der Waals surface area contributed by atoms with Crippen LogP contribution in [0.15, 0.2) is 94.8 Å². The van der Waals surface area contributed by atoms with Crippen LogP contribution in [-0.2, 0) is 15.3 Å². The molecule has 11 heteroatoms. The quantitative estimate of drug-likeness (QED) is 0.0647. The number of carbonyl (C=O) groups excluding carboxylic acids is 2. The summed E-state index contributed by atoms with van der Waals surface area (Å²) in [5, 5.41) is 22.9. The van der Waals surface area contributed by atoms with Crippen LogP contribution in [0.25, 0.3) is 16.5 Å². The number of ether oxygens (including phenoxy) is 3. The van der Waals surface area contributed by atoms with Crippen LogP contribution in [-0.4, -0.2) is 46.8 Å². The molecule has 0 spiro atoms. The van der Waals surface area contributed by atoms with E-state index in [1.807, 2.05) is 25.1 Å². The van der Waals surface area contributed by atoms with Gasteiger partial charge in [-0.2, -0.15) is 0 Å². The van der Waals surface area contributed by atoms with Gasteiger partial charge in [0.15, 0.2) is 15.8 Å². The minimum atomic E-state index is -0.970. The van der Waals surface area contributed by atoms with E-state index in [0.29, 0.717) is 58.3 Å². The van der Waals surface area contributed by atoms with Crippen molar-refractivity contribution in [2.24, 2.45) is 0 Å². The second-order valence-corrected chi connectivity index (χ2v) is 12.5. The van der Waals surface area contributed by atoms with Crippen LogP contribution in [0.5, 0.6) is 17.2 Å². The lowest BCUT2D eigenvalue weighted by Crippen LogP contribution is -2.29. The lowest BCUT2D eigenvalue weighted by Gasteiger charge is -2.23. The number of Topliss-reactive ketones (excluding diaryl/α,β-unsaturated/α-hetero) is 1. The number of ketones is 1. The molecule has 9 nitrogen and oxygen atoms in total. The van der Waals surface area contributed by atoms with Crippen molar-refractivity contribution in [3.63, 3.8) is 0 Å². The van der Waals surface area contributed by atoms with E-state index in [0.717, 1.165) is 16.3 Å². The largest absolute Gasteiger partial charge is 0.507 e. The van der Waals surface area contributed by atoms with E-state index in [1.165, 1.54) is 28.0 Å². The zero-order chi connectivity index (χ0) is 30.9. The summed E-state index contributed by atoms with van der Waals surface area (Å²) in [7, 11) is 0. The number of aliphatic hydroxyl groups is 1. The highest BCUT2D eigenvalue weighted by atomic mass is 32.2. The first-order valence-corrected chi connectivity index (χ1v) is 16.2. The monoisotopic (exact) mass is 637 g/mol. The first-order chi connectivity index (χ1) is 22.0. The molecule has 1 saturated heterocycles. The number of aliphatic hydroxyl groups excluding tert-OH is 1. The number of hydrogen-bond acceptors (Lipinski definition) is 10. The predicted octanol–water partition coefficient (Wildman–Crippen LogP) is 6.78. The number of aromatic nitrogens is 2. The zero-order valence-corrected chi connectivity index (χ0v) is 25.8. The van der Waals surface area contributed by atoms with Crippen LogP contribution in [0.4, 0.5) is 5.13 Å². The topological polar surface area (TPSA) is 111 Å². The Morgan fingerprint density at radius 2 is 1.78 bits per heavy atom. The third-order valence-electron chi connectivity index (χ3n) is 7.58. The molecule has 7 rings (SSSR count). The number of anilines is 1. The van der Waals surface area contributed by atoms with Gasteiger partial charge in [0.1, 0.15) is 24.7 Å². The number of fused-ring (bicyclic) bond motifs is 2. The Morgan fingerprint density at radius 3 is 2.64 bits per heavy atom. The summed E-state index contributed by atoms with van der Waals surface area (Å²) in [6, 6.07) is 25.5. The summed E-state index contributed by atoms with van der Waals surface area (Å²) in [6.45, 7) is 3.10. The highest BCUT2D eigenvalue weighted by molar-refractivity contribution is 8.00. The Kier molecular flexibility index (Phi) is 7.86. The maximum absolute atomic E-state index is 13.7. The van der Waals surface area contributed by atoms with E-state index in [-0.39, 0.29) is 16.5 Å². The third kappa shape index (κ3) is 5.49. The van der Waals surface area contributed by atoms with Gasteiger partial charge in [0, 0.05) is 11.3 Å². The molecule has 1 aromatic heterocycles. The number of hydrogen-bond donors (Lipinski definition) is 1. The zero-order valence-electron chi connectivity index (χ0n) is 24.1. The molecule has 1 fully saturated rings. The number of benzene rings is 4. The Bertz CT molecular complexity index is 1970. The maximum atomic E-state index is 13.7. The van der Waals surface area contributed by atoms with Gasteiger partial charge in [-0.15, -0.1) is 10.2 Å². The van der Waals surface area contributed by atoms with Crippen LogP contribution >= 0.6 is 23.1 Å². The molecule has 0 saturated carbocycles. The highest BCUT2D eigenvalue weighted by Gasteiger charge is 2.48. The van der Waals surface area contributed by atoms with E-state index >= 15 is 0 Å².